The standard InChI is InChI=1S/C17H24N4O2S.HI/c1-11(2)16-21-13(10-24-16)9-20-17(18)19-8-12-5-6-14(22-3)15(7-12)23-4;/h5-7,10-11H,8-9H2,1-4H3,(H3,18,19,20);1H. The summed E-state index contributed by atoms with van der Waals surface area (Å²) in [5, 5.41) is 6.27. The van der Waals surface area contributed by atoms with E-state index in [1.54, 1.807) is 25.6 Å². The molecule has 3 N–H and O–H groups in total. The van der Waals surface area contributed by atoms with E-state index < -0.39 is 0 Å². The van der Waals surface area contributed by atoms with Gasteiger partial charge in [-0.3, -0.25) is 0 Å². The second kappa shape index (κ2) is 10.4. The molecule has 0 saturated heterocycles. The summed E-state index contributed by atoms with van der Waals surface area (Å²) in [5.74, 6) is 2.21. The lowest BCUT2D eigenvalue weighted by Crippen LogP contribution is -2.31. The highest BCUT2D eigenvalue weighted by Gasteiger charge is 2.06. The van der Waals surface area contributed by atoms with Gasteiger partial charge in [-0.15, -0.1) is 35.3 Å². The van der Waals surface area contributed by atoms with E-state index in [0.717, 1.165) is 16.3 Å². The second-order valence-electron chi connectivity index (χ2n) is 5.58. The number of thiazole rings is 1. The van der Waals surface area contributed by atoms with Crippen molar-refractivity contribution in [1.82, 2.24) is 10.3 Å². The summed E-state index contributed by atoms with van der Waals surface area (Å²) < 4.78 is 10.5. The van der Waals surface area contributed by atoms with Crippen LogP contribution in [0.15, 0.2) is 28.6 Å². The summed E-state index contributed by atoms with van der Waals surface area (Å²) in [7, 11) is 3.22. The average Bonchev–Trinajstić information content (AvgIpc) is 3.07. The molecular weight excluding hydrogens is 451 g/mol. The number of nitrogens with zero attached hydrogens (tertiary/aromatic N) is 2. The highest BCUT2D eigenvalue weighted by atomic mass is 127. The topological polar surface area (TPSA) is 81.8 Å². The number of halogens is 1. The Kier molecular flexibility index (Phi) is 8.98. The van der Waals surface area contributed by atoms with Gasteiger partial charge in [0, 0.05) is 11.3 Å². The van der Waals surface area contributed by atoms with Gasteiger partial charge >= 0.3 is 0 Å². The predicted molar refractivity (Wildman–Crippen MR) is 113 cm³/mol. The number of hydrogen-bond acceptors (Lipinski definition) is 5. The number of benzene rings is 1. The lowest BCUT2D eigenvalue weighted by Gasteiger charge is -2.09. The number of guanidine groups is 1. The molecule has 1 heterocycles. The number of nitrogens with one attached hydrogen (secondary N) is 1. The summed E-state index contributed by atoms with van der Waals surface area (Å²) in [5.41, 5.74) is 7.89. The normalized spacial score (nSPS) is 11.2. The lowest BCUT2D eigenvalue weighted by atomic mass is 10.2. The van der Waals surface area contributed by atoms with Crippen molar-refractivity contribution in [3.8, 4) is 11.5 Å². The number of aromatic nitrogens is 1. The maximum absolute atomic E-state index is 5.92. The molecule has 0 aliphatic heterocycles. The third kappa shape index (κ3) is 6.35. The molecule has 2 rings (SSSR count). The van der Waals surface area contributed by atoms with Crippen LogP contribution in [0.2, 0.25) is 0 Å². The third-order valence-corrected chi connectivity index (χ3v) is 4.59. The largest absolute Gasteiger partial charge is 0.493 e. The summed E-state index contributed by atoms with van der Waals surface area (Å²) in [6.07, 6.45) is 0. The fraction of sp³-hybridized carbons (Fsp3) is 0.412. The Labute approximate surface area is 169 Å². The number of rotatable bonds is 7. The first-order valence-corrected chi connectivity index (χ1v) is 8.60. The molecule has 0 amide bonds. The maximum atomic E-state index is 5.92. The third-order valence-electron chi connectivity index (χ3n) is 3.39. The molecule has 0 saturated carbocycles. The Hall–Kier alpha value is -1.55. The van der Waals surface area contributed by atoms with E-state index in [1.165, 1.54) is 0 Å². The predicted octanol–water partition coefficient (Wildman–Crippen LogP) is 3.51. The number of hydrogen-bond donors (Lipinski definition) is 2. The van der Waals surface area contributed by atoms with Gasteiger partial charge in [-0.25, -0.2) is 9.98 Å². The Bertz CT molecular complexity index is 704. The van der Waals surface area contributed by atoms with E-state index in [2.05, 4.69) is 29.1 Å². The first kappa shape index (κ1) is 21.5. The lowest BCUT2D eigenvalue weighted by molar-refractivity contribution is 0.354. The van der Waals surface area contributed by atoms with Crippen molar-refractivity contribution in [2.45, 2.75) is 32.9 Å². The van der Waals surface area contributed by atoms with Gasteiger partial charge in [0.15, 0.2) is 17.5 Å². The van der Waals surface area contributed by atoms with Crippen molar-refractivity contribution in [2.75, 3.05) is 14.2 Å². The average molecular weight is 476 g/mol. The van der Waals surface area contributed by atoms with E-state index in [9.17, 15) is 0 Å². The quantitative estimate of drug-likeness (QED) is 0.363. The van der Waals surface area contributed by atoms with Crippen molar-refractivity contribution < 1.29 is 9.47 Å². The molecule has 0 fully saturated rings. The molecular formula is C17H25IN4O2S. The van der Waals surface area contributed by atoms with Crippen molar-refractivity contribution in [3.05, 3.63) is 39.8 Å². The van der Waals surface area contributed by atoms with Gasteiger partial charge in [-0.2, -0.15) is 0 Å². The molecule has 138 valence electrons. The van der Waals surface area contributed by atoms with E-state index in [1.807, 2.05) is 23.6 Å². The van der Waals surface area contributed by atoms with Gasteiger partial charge < -0.3 is 20.5 Å². The zero-order chi connectivity index (χ0) is 17.5. The van der Waals surface area contributed by atoms with Crippen LogP contribution in [0.25, 0.3) is 0 Å². The molecule has 25 heavy (non-hydrogen) atoms. The van der Waals surface area contributed by atoms with Gasteiger partial charge in [-0.1, -0.05) is 19.9 Å². The highest BCUT2D eigenvalue weighted by Crippen LogP contribution is 2.27. The Balaban J connectivity index is 0.00000312. The minimum Gasteiger partial charge on any atom is -0.493 e. The molecule has 0 bridgehead atoms. The first-order valence-electron chi connectivity index (χ1n) is 7.72. The van der Waals surface area contributed by atoms with Crippen molar-refractivity contribution >= 4 is 41.3 Å². The molecule has 1 aromatic carbocycles. The van der Waals surface area contributed by atoms with E-state index >= 15 is 0 Å². The van der Waals surface area contributed by atoms with Crippen LogP contribution in [-0.4, -0.2) is 25.2 Å². The number of ether oxygens (including phenoxy) is 2. The molecule has 1 aromatic heterocycles. The molecule has 0 radical (unpaired) electrons. The van der Waals surface area contributed by atoms with E-state index in [4.69, 9.17) is 15.2 Å². The molecule has 2 aromatic rings. The van der Waals surface area contributed by atoms with Crippen LogP contribution in [0, 0.1) is 0 Å². The zero-order valence-corrected chi connectivity index (χ0v) is 18.1. The minimum atomic E-state index is 0. The van der Waals surface area contributed by atoms with Gasteiger partial charge in [0.1, 0.15) is 0 Å². The maximum Gasteiger partial charge on any atom is 0.189 e. The number of nitrogens with two attached hydrogens (primary N) is 1. The van der Waals surface area contributed by atoms with Crippen molar-refractivity contribution in [3.63, 3.8) is 0 Å². The fourth-order valence-corrected chi connectivity index (χ4v) is 2.90. The van der Waals surface area contributed by atoms with Crippen molar-refractivity contribution in [2.24, 2.45) is 10.7 Å². The number of methoxy groups -OCH3 is 2. The smallest absolute Gasteiger partial charge is 0.189 e. The van der Waals surface area contributed by atoms with Crippen LogP contribution in [-0.2, 0) is 13.1 Å². The molecule has 0 unspecified atom stereocenters. The monoisotopic (exact) mass is 476 g/mol. The SMILES string of the molecule is COc1ccc(CN=C(N)NCc2csc(C(C)C)n2)cc1OC.I. The van der Waals surface area contributed by atoms with Gasteiger partial charge in [0.25, 0.3) is 0 Å². The van der Waals surface area contributed by atoms with Crippen LogP contribution in [0.1, 0.15) is 36.0 Å². The summed E-state index contributed by atoms with van der Waals surface area (Å²) in [6, 6.07) is 5.69. The molecule has 6 nitrogen and oxygen atoms in total. The molecule has 0 atom stereocenters. The fourth-order valence-electron chi connectivity index (χ4n) is 2.06. The highest BCUT2D eigenvalue weighted by molar-refractivity contribution is 14.0. The molecule has 0 aliphatic rings. The summed E-state index contributed by atoms with van der Waals surface area (Å²) in [6.45, 7) is 5.31. The second-order valence-corrected chi connectivity index (χ2v) is 6.47. The van der Waals surface area contributed by atoms with Crippen molar-refractivity contribution in [1.29, 1.82) is 0 Å². The minimum absolute atomic E-state index is 0. The molecule has 0 aliphatic carbocycles. The zero-order valence-electron chi connectivity index (χ0n) is 14.9. The summed E-state index contributed by atoms with van der Waals surface area (Å²) in [4.78, 5) is 8.90. The van der Waals surface area contributed by atoms with E-state index in [0.29, 0.717) is 36.5 Å². The Morgan fingerprint density at radius 2 is 2.00 bits per heavy atom. The summed E-state index contributed by atoms with van der Waals surface area (Å²) >= 11 is 1.67. The van der Waals surface area contributed by atoms with Crippen LogP contribution >= 0.6 is 35.3 Å². The van der Waals surface area contributed by atoms with Crippen LogP contribution in [0.3, 0.4) is 0 Å². The molecule has 8 heteroatoms. The van der Waals surface area contributed by atoms with Gasteiger partial charge in [0.2, 0.25) is 0 Å². The van der Waals surface area contributed by atoms with Crippen LogP contribution in [0.4, 0.5) is 0 Å². The number of aliphatic imine (C=N–C) groups is 1. The molecule has 0 spiro atoms. The Morgan fingerprint density at radius 1 is 1.28 bits per heavy atom. The Morgan fingerprint density at radius 3 is 2.60 bits per heavy atom. The van der Waals surface area contributed by atoms with Gasteiger partial charge in [-0.05, 0) is 17.7 Å². The van der Waals surface area contributed by atoms with Crippen LogP contribution in [0.5, 0.6) is 11.5 Å². The van der Waals surface area contributed by atoms with Gasteiger partial charge in [0.05, 0.1) is 38.0 Å². The van der Waals surface area contributed by atoms with Crippen LogP contribution < -0.4 is 20.5 Å². The van der Waals surface area contributed by atoms with E-state index in [-0.39, 0.29) is 24.0 Å². The first-order chi connectivity index (χ1) is 11.5.